The Balaban J connectivity index is 1.98. The first-order valence-electron chi connectivity index (χ1n) is 7.14. The van der Waals surface area contributed by atoms with Crippen LogP contribution in [0.3, 0.4) is 0 Å². The minimum absolute atomic E-state index is 0.109. The number of rotatable bonds is 4. The zero-order chi connectivity index (χ0) is 14.7. The molecular formula is C16H20N2O2S. The first kappa shape index (κ1) is 14.4. The average molecular weight is 304 g/mol. The summed E-state index contributed by atoms with van der Waals surface area (Å²) < 4.78 is 5.18. The first-order chi connectivity index (χ1) is 10.3. The maximum atomic E-state index is 10.4. The molecule has 21 heavy (non-hydrogen) atoms. The summed E-state index contributed by atoms with van der Waals surface area (Å²) in [7, 11) is 1.61. The van der Waals surface area contributed by atoms with Crippen LogP contribution in [0.4, 0.5) is 0 Å². The van der Waals surface area contributed by atoms with Crippen LogP contribution in [0, 0.1) is 0 Å². The molecule has 3 rings (SSSR count). The Morgan fingerprint density at radius 2 is 2.10 bits per heavy atom. The number of thiophene rings is 1. The number of hydrogen-bond acceptors (Lipinski definition) is 5. The molecule has 1 fully saturated rings. The van der Waals surface area contributed by atoms with Crippen LogP contribution in [0.15, 0.2) is 35.7 Å². The first-order valence-corrected chi connectivity index (χ1v) is 8.02. The fourth-order valence-corrected chi connectivity index (χ4v) is 3.68. The summed E-state index contributed by atoms with van der Waals surface area (Å²) in [5, 5.41) is 15.9. The Bertz CT molecular complexity index is 580. The van der Waals surface area contributed by atoms with E-state index in [1.54, 1.807) is 24.5 Å². The van der Waals surface area contributed by atoms with Crippen molar-refractivity contribution in [1.29, 1.82) is 0 Å². The van der Waals surface area contributed by atoms with Gasteiger partial charge in [0.05, 0.1) is 13.2 Å². The van der Waals surface area contributed by atoms with Gasteiger partial charge in [0, 0.05) is 42.7 Å². The number of nitrogens with zero attached hydrogens (tertiary/aromatic N) is 1. The minimum Gasteiger partial charge on any atom is -0.507 e. The second-order valence-corrected chi connectivity index (χ2v) is 6.11. The summed E-state index contributed by atoms with van der Waals surface area (Å²) >= 11 is 1.73. The standard InChI is InChI=1S/C16H20N2O2S/c1-20-12-4-5-13(14(19)11-12)16(15-3-2-10-21-15)18-8-6-17-7-9-18/h2-5,10-11,16-17,19H,6-9H2,1H3/t16-/m0/s1. The van der Waals surface area contributed by atoms with Crippen molar-refractivity contribution in [3.8, 4) is 11.5 Å². The van der Waals surface area contributed by atoms with Gasteiger partial charge in [0.2, 0.25) is 0 Å². The zero-order valence-corrected chi connectivity index (χ0v) is 12.9. The SMILES string of the molecule is COc1ccc([C@@H](c2cccs2)N2CCNCC2)c(O)c1. The molecule has 0 spiro atoms. The van der Waals surface area contributed by atoms with Crippen molar-refractivity contribution in [2.24, 2.45) is 0 Å². The third-order valence-corrected chi connectivity index (χ3v) is 4.79. The Morgan fingerprint density at radius 1 is 1.29 bits per heavy atom. The van der Waals surface area contributed by atoms with E-state index < -0.39 is 0 Å². The van der Waals surface area contributed by atoms with Gasteiger partial charge in [0.1, 0.15) is 11.5 Å². The molecule has 1 aliphatic heterocycles. The molecule has 112 valence electrons. The minimum atomic E-state index is 0.109. The number of ether oxygens (including phenoxy) is 1. The molecule has 1 saturated heterocycles. The summed E-state index contributed by atoms with van der Waals surface area (Å²) in [5.74, 6) is 0.979. The van der Waals surface area contributed by atoms with Gasteiger partial charge in [0.25, 0.3) is 0 Å². The van der Waals surface area contributed by atoms with E-state index in [1.165, 1.54) is 4.88 Å². The fourth-order valence-electron chi connectivity index (χ4n) is 2.80. The maximum absolute atomic E-state index is 10.4. The van der Waals surface area contributed by atoms with Gasteiger partial charge in [-0.2, -0.15) is 0 Å². The average Bonchev–Trinajstić information content (AvgIpc) is 3.04. The molecule has 0 saturated carbocycles. The lowest BCUT2D eigenvalue weighted by Crippen LogP contribution is -2.45. The van der Waals surface area contributed by atoms with Crippen LogP contribution in [0.1, 0.15) is 16.5 Å². The van der Waals surface area contributed by atoms with Crippen molar-refractivity contribution < 1.29 is 9.84 Å². The Kier molecular flexibility index (Phi) is 4.43. The highest BCUT2D eigenvalue weighted by atomic mass is 32.1. The molecule has 2 N–H and O–H groups in total. The molecule has 1 aromatic carbocycles. The highest BCUT2D eigenvalue weighted by molar-refractivity contribution is 7.10. The fraction of sp³-hybridized carbons (Fsp3) is 0.375. The number of piperazine rings is 1. The van der Waals surface area contributed by atoms with Gasteiger partial charge in [-0.15, -0.1) is 11.3 Å². The monoisotopic (exact) mass is 304 g/mol. The maximum Gasteiger partial charge on any atom is 0.124 e. The summed E-state index contributed by atoms with van der Waals surface area (Å²) in [6.45, 7) is 3.93. The third-order valence-electron chi connectivity index (χ3n) is 3.86. The van der Waals surface area contributed by atoms with Gasteiger partial charge < -0.3 is 15.2 Å². The Labute approximate surface area is 129 Å². The molecule has 1 aromatic heterocycles. The topological polar surface area (TPSA) is 44.7 Å². The third kappa shape index (κ3) is 3.05. The second-order valence-electron chi connectivity index (χ2n) is 5.13. The van der Waals surface area contributed by atoms with Crippen LogP contribution in [0.5, 0.6) is 11.5 Å². The molecular weight excluding hydrogens is 284 g/mol. The van der Waals surface area contributed by atoms with Gasteiger partial charge >= 0.3 is 0 Å². The molecule has 1 atom stereocenters. The summed E-state index contributed by atoms with van der Waals surface area (Å²) in [6, 6.07) is 9.89. The Hall–Kier alpha value is -1.56. The van der Waals surface area contributed by atoms with E-state index >= 15 is 0 Å². The molecule has 5 heteroatoms. The van der Waals surface area contributed by atoms with Gasteiger partial charge in [-0.1, -0.05) is 6.07 Å². The van der Waals surface area contributed by atoms with E-state index in [-0.39, 0.29) is 6.04 Å². The second kappa shape index (κ2) is 6.47. The number of phenols is 1. The van der Waals surface area contributed by atoms with Crippen molar-refractivity contribution in [3.05, 3.63) is 46.2 Å². The van der Waals surface area contributed by atoms with Gasteiger partial charge in [-0.05, 0) is 23.6 Å². The summed E-state index contributed by atoms with van der Waals surface area (Å²) in [5.41, 5.74) is 0.945. The van der Waals surface area contributed by atoms with E-state index in [2.05, 4.69) is 27.7 Å². The van der Waals surface area contributed by atoms with Crippen molar-refractivity contribution in [3.63, 3.8) is 0 Å². The van der Waals surface area contributed by atoms with Crippen LogP contribution < -0.4 is 10.1 Å². The lowest BCUT2D eigenvalue weighted by atomic mass is 10.0. The summed E-state index contributed by atoms with van der Waals surface area (Å²) in [6.07, 6.45) is 0. The quantitative estimate of drug-likeness (QED) is 0.911. The largest absolute Gasteiger partial charge is 0.507 e. The normalized spacial score (nSPS) is 17.6. The highest BCUT2D eigenvalue weighted by Crippen LogP contribution is 2.38. The number of methoxy groups -OCH3 is 1. The zero-order valence-electron chi connectivity index (χ0n) is 12.1. The molecule has 0 bridgehead atoms. The van der Waals surface area contributed by atoms with Crippen LogP contribution in [-0.2, 0) is 0 Å². The molecule has 2 aromatic rings. The smallest absolute Gasteiger partial charge is 0.124 e. The number of benzene rings is 1. The predicted molar refractivity (Wildman–Crippen MR) is 85.3 cm³/mol. The number of aromatic hydroxyl groups is 1. The van der Waals surface area contributed by atoms with E-state index in [9.17, 15) is 5.11 Å². The number of nitrogens with one attached hydrogen (secondary N) is 1. The van der Waals surface area contributed by atoms with Crippen LogP contribution in [0.25, 0.3) is 0 Å². The molecule has 4 nitrogen and oxygen atoms in total. The van der Waals surface area contributed by atoms with Gasteiger partial charge in [-0.3, -0.25) is 4.90 Å². The van der Waals surface area contributed by atoms with Crippen LogP contribution >= 0.6 is 11.3 Å². The lowest BCUT2D eigenvalue weighted by molar-refractivity contribution is 0.198. The van der Waals surface area contributed by atoms with E-state index in [0.717, 1.165) is 31.7 Å². The van der Waals surface area contributed by atoms with Crippen LogP contribution in [-0.4, -0.2) is 43.3 Å². The number of phenolic OH excluding ortho intramolecular Hbond substituents is 1. The Morgan fingerprint density at radius 3 is 2.71 bits per heavy atom. The van der Waals surface area contributed by atoms with E-state index in [4.69, 9.17) is 4.74 Å². The molecule has 0 radical (unpaired) electrons. The highest BCUT2D eigenvalue weighted by Gasteiger charge is 2.26. The molecule has 0 aliphatic carbocycles. The molecule has 0 unspecified atom stereocenters. The van der Waals surface area contributed by atoms with Crippen LogP contribution in [0.2, 0.25) is 0 Å². The van der Waals surface area contributed by atoms with E-state index in [0.29, 0.717) is 11.5 Å². The van der Waals surface area contributed by atoms with Crippen molar-refractivity contribution in [2.75, 3.05) is 33.3 Å². The van der Waals surface area contributed by atoms with E-state index in [1.807, 2.05) is 12.1 Å². The molecule has 2 heterocycles. The van der Waals surface area contributed by atoms with Gasteiger partial charge in [-0.25, -0.2) is 0 Å². The number of hydrogen-bond donors (Lipinski definition) is 2. The van der Waals surface area contributed by atoms with Crippen molar-refractivity contribution >= 4 is 11.3 Å². The van der Waals surface area contributed by atoms with Gasteiger partial charge in [0.15, 0.2) is 0 Å². The molecule has 0 amide bonds. The van der Waals surface area contributed by atoms with Crippen molar-refractivity contribution in [1.82, 2.24) is 10.2 Å². The van der Waals surface area contributed by atoms with Crippen molar-refractivity contribution in [2.45, 2.75) is 6.04 Å². The lowest BCUT2D eigenvalue weighted by Gasteiger charge is -2.35. The predicted octanol–water partition coefficient (Wildman–Crippen LogP) is 2.46. The molecule has 1 aliphatic rings. The summed E-state index contributed by atoms with van der Waals surface area (Å²) in [4.78, 5) is 3.68.